The van der Waals surface area contributed by atoms with Gasteiger partial charge in [-0.2, -0.15) is 0 Å². The number of likely N-dealkylation sites (tertiary alicyclic amines) is 1. The summed E-state index contributed by atoms with van der Waals surface area (Å²) in [6.45, 7) is 1.04. The Kier molecular flexibility index (Phi) is 4.76. The van der Waals surface area contributed by atoms with Crippen LogP contribution >= 0.6 is 34.5 Å². The highest BCUT2D eigenvalue weighted by Gasteiger charge is 2.49. The van der Waals surface area contributed by atoms with Crippen LogP contribution in [0, 0.1) is 5.82 Å². The van der Waals surface area contributed by atoms with Crippen molar-refractivity contribution in [2.24, 2.45) is 0 Å². The van der Waals surface area contributed by atoms with E-state index in [1.54, 1.807) is 17.0 Å². The molecule has 2 aliphatic heterocycles. The third-order valence-electron chi connectivity index (χ3n) is 5.84. The molecule has 0 radical (unpaired) electrons. The number of carbonyl (C=O) groups is 2. The SMILES string of the molecule is O=C1CCC2(CN(C(=O)c3sc4c(c3Cl)C=CC(c3cc(Cl)ccc3F)=CC4)C2)N1. The van der Waals surface area contributed by atoms with Crippen molar-refractivity contribution >= 4 is 58.0 Å². The number of benzene rings is 1. The summed E-state index contributed by atoms with van der Waals surface area (Å²) in [5.74, 6) is -0.400. The molecule has 5 rings (SSSR count). The lowest BCUT2D eigenvalue weighted by Gasteiger charge is -2.47. The minimum absolute atomic E-state index is 0.0480. The molecular formula is C22H17Cl2FN2O2S. The smallest absolute Gasteiger partial charge is 0.265 e. The van der Waals surface area contributed by atoms with E-state index in [4.69, 9.17) is 23.2 Å². The highest BCUT2D eigenvalue weighted by Crippen LogP contribution is 2.40. The van der Waals surface area contributed by atoms with Crippen LogP contribution in [-0.2, 0) is 11.2 Å². The second-order valence-corrected chi connectivity index (χ2v) is 9.81. The van der Waals surface area contributed by atoms with E-state index in [1.807, 2.05) is 12.2 Å². The Morgan fingerprint density at radius 2 is 2.03 bits per heavy atom. The van der Waals surface area contributed by atoms with Gasteiger partial charge in [0, 0.05) is 47.0 Å². The van der Waals surface area contributed by atoms with Crippen LogP contribution in [-0.4, -0.2) is 35.3 Å². The van der Waals surface area contributed by atoms with Crippen LogP contribution in [0.1, 0.15) is 38.5 Å². The van der Waals surface area contributed by atoms with Gasteiger partial charge in [-0.05, 0) is 30.2 Å². The van der Waals surface area contributed by atoms with Gasteiger partial charge in [0.25, 0.3) is 5.91 Å². The number of halogens is 3. The van der Waals surface area contributed by atoms with Crippen molar-refractivity contribution < 1.29 is 14.0 Å². The van der Waals surface area contributed by atoms with Crippen LogP contribution < -0.4 is 5.32 Å². The molecule has 1 spiro atoms. The summed E-state index contributed by atoms with van der Waals surface area (Å²) in [5, 5.41) is 3.88. The van der Waals surface area contributed by atoms with Crippen molar-refractivity contribution in [1.29, 1.82) is 0 Å². The van der Waals surface area contributed by atoms with Gasteiger partial charge in [0.1, 0.15) is 10.7 Å². The molecule has 2 aromatic rings. The molecule has 2 fully saturated rings. The highest BCUT2D eigenvalue weighted by molar-refractivity contribution is 7.15. The van der Waals surface area contributed by atoms with Crippen molar-refractivity contribution in [1.82, 2.24) is 10.2 Å². The topological polar surface area (TPSA) is 49.4 Å². The minimum atomic E-state index is -0.340. The summed E-state index contributed by atoms with van der Waals surface area (Å²) in [5.41, 5.74) is 1.70. The molecular weight excluding hydrogens is 446 g/mol. The maximum Gasteiger partial charge on any atom is 0.265 e. The van der Waals surface area contributed by atoms with Gasteiger partial charge in [0.05, 0.1) is 10.6 Å². The normalized spacial score (nSPS) is 19.2. The molecule has 1 aliphatic carbocycles. The number of fused-ring (bicyclic) bond motifs is 1. The Balaban J connectivity index is 1.37. The van der Waals surface area contributed by atoms with Crippen LogP contribution in [0.4, 0.5) is 4.39 Å². The molecule has 0 saturated carbocycles. The Labute approximate surface area is 187 Å². The molecule has 4 nitrogen and oxygen atoms in total. The molecule has 2 amide bonds. The minimum Gasteiger partial charge on any atom is -0.347 e. The predicted octanol–water partition coefficient (Wildman–Crippen LogP) is 4.95. The van der Waals surface area contributed by atoms with Crippen molar-refractivity contribution in [3.05, 3.63) is 67.1 Å². The number of thiophene rings is 1. The van der Waals surface area contributed by atoms with Gasteiger partial charge in [-0.3, -0.25) is 9.59 Å². The molecule has 1 aromatic heterocycles. The summed E-state index contributed by atoms with van der Waals surface area (Å²) in [6, 6.07) is 4.47. The quantitative estimate of drug-likeness (QED) is 0.685. The number of nitrogens with one attached hydrogen (secondary N) is 1. The standard InChI is InChI=1S/C22H17Cl2FN2O2S/c23-13-3-5-16(25)15(9-13)12-1-4-14-17(6-2-12)30-20(19(14)24)21(29)27-10-22(11-27)8-7-18(28)26-22/h1-5,9H,6-8,10-11H2,(H,26,28). The third kappa shape index (κ3) is 3.27. The van der Waals surface area contributed by atoms with Crippen molar-refractivity contribution in [2.45, 2.75) is 24.8 Å². The summed E-state index contributed by atoms with van der Waals surface area (Å²) in [7, 11) is 0. The van der Waals surface area contributed by atoms with Gasteiger partial charge in [-0.1, -0.05) is 41.4 Å². The van der Waals surface area contributed by atoms with E-state index < -0.39 is 0 Å². The molecule has 1 N–H and O–H groups in total. The molecule has 8 heteroatoms. The number of carbonyl (C=O) groups excluding carboxylic acids is 2. The van der Waals surface area contributed by atoms with Gasteiger partial charge in [-0.15, -0.1) is 11.3 Å². The second-order valence-electron chi connectivity index (χ2n) is 7.89. The maximum atomic E-state index is 14.2. The maximum absolute atomic E-state index is 14.2. The monoisotopic (exact) mass is 462 g/mol. The summed E-state index contributed by atoms with van der Waals surface area (Å²) in [4.78, 5) is 27.7. The zero-order chi connectivity index (χ0) is 21.0. The van der Waals surface area contributed by atoms with Gasteiger partial charge in [0.2, 0.25) is 5.91 Å². The van der Waals surface area contributed by atoms with Gasteiger partial charge in [0.15, 0.2) is 0 Å². The average Bonchev–Trinajstić information content (AvgIpc) is 3.15. The van der Waals surface area contributed by atoms with Crippen molar-refractivity contribution in [2.75, 3.05) is 13.1 Å². The molecule has 30 heavy (non-hydrogen) atoms. The highest BCUT2D eigenvalue weighted by atomic mass is 35.5. The zero-order valence-electron chi connectivity index (χ0n) is 15.8. The molecule has 0 unspecified atom stereocenters. The average molecular weight is 463 g/mol. The largest absolute Gasteiger partial charge is 0.347 e. The Hall–Kier alpha value is -2.15. The second kappa shape index (κ2) is 7.22. The zero-order valence-corrected chi connectivity index (χ0v) is 18.1. The first-order chi connectivity index (χ1) is 14.3. The van der Waals surface area contributed by atoms with Crippen LogP contribution in [0.25, 0.3) is 11.6 Å². The molecule has 0 bridgehead atoms. The van der Waals surface area contributed by atoms with Crippen LogP contribution in [0.2, 0.25) is 10.0 Å². The fraction of sp³-hybridized carbons (Fsp3) is 0.273. The Morgan fingerprint density at radius 1 is 1.23 bits per heavy atom. The van der Waals surface area contributed by atoms with Crippen LogP contribution in [0.15, 0.2) is 30.4 Å². The lowest BCUT2D eigenvalue weighted by atomic mass is 9.88. The van der Waals surface area contributed by atoms with Crippen LogP contribution in [0.5, 0.6) is 0 Å². The van der Waals surface area contributed by atoms with Crippen molar-refractivity contribution in [3.63, 3.8) is 0 Å². The van der Waals surface area contributed by atoms with E-state index in [0.717, 1.165) is 22.4 Å². The van der Waals surface area contributed by atoms with E-state index in [-0.39, 0.29) is 23.2 Å². The predicted molar refractivity (Wildman–Crippen MR) is 117 cm³/mol. The van der Waals surface area contributed by atoms with Crippen molar-refractivity contribution in [3.8, 4) is 0 Å². The third-order valence-corrected chi connectivity index (χ3v) is 7.80. The number of hydrogen-bond acceptors (Lipinski definition) is 3. The first-order valence-electron chi connectivity index (χ1n) is 9.60. The lowest BCUT2D eigenvalue weighted by Crippen LogP contribution is -2.68. The molecule has 3 heterocycles. The number of allylic oxidation sites excluding steroid dienone is 3. The fourth-order valence-corrected chi connectivity index (χ4v) is 5.98. The summed E-state index contributed by atoms with van der Waals surface area (Å²) >= 11 is 14.0. The number of hydrogen-bond donors (Lipinski definition) is 1. The molecule has 2 saturated heterocycles. The molecule has 1 aromatic carbocycles. The summed E-state index contributed by atoms with van der Waals surface area (Å²) < 4.78 is 14.2. The number of rotatable bonds is 2. The first kappa shape index (κ1) is 19.8. The van der Waals surface area contributed by atoms with Gasteiger partial charge < -0.3 is 10.2 Å². The number of nitrogens with zero attached hydrogens (tertiary/aromatic N) is 1. The lowest BCUT2D eigenvalue weighted by molar-refractivity contribution is -0.120. The Morgan fingerprint density at radius 3 is 2.77 bits per heavy atom. The fourth-order valence-electron chi connectivity index (χ4n) is 4.27. The number of amides is 2. The van der Waals surface area contributed by atoms with Gasteiger partial charge >= 0.3 is 0 Å². The van der Waals surface area contributed by atoms with E-state index >= 15 is 0 Å². The van der Waals surface area contributed by atoms with E-state index in [1.165, 1.54) is 23.5 Å². The molecule has 154 valence electrons. The molecule has 0 atom stereocenters. The summed E-state index contributed by atoms with van der Waals surface area (Å²) in [6.07, 6.45) is 7.38. The van der Waals surface area contributed by atoms with E-state index in [0.29, 0.717) is 46.4 Å². The molecule has 3 aliphatic rings. The van der Waals surface area contributed by atoms with Crippen LogP contribution in [0.3, 0.4) is 0 Å². The Bertz CT molecular complexity index is 1150. The van der Waals surface area contributed by atoms with E-state index in [2.05, 4.69) is 5.32 Å². The van der Waals surface area contributed by atoms with E-state index in [9.17, 15) is 14.0 Å². The first-order valence-corrected chi connectivity index (χ1v) is 11.2. The van der Waals surface area contributed by atoms with Gasteiger partial charge in [-0.25, -0.2) is 4.39 Å².